The molecule has 1 aromatic rings. The van der Waals surface area contributed by atoms with Gasteiger partial charge >= 0.3 is 5.97 Å². The summed E-state index contributed by atoms with van der Waals surface area (Å²) in [6, 6.07) is 2.85. The largest absolute Gasteiger partial charge is 0.480 e. The van der Waals surface area contributed by atoms with Crippen molar-refractivity contribution in [1.82, 2.24) is 9.88 Å². The number of carbonyl (C=O) groups is 2. The summed E-state index contributed by atoms with van der Waals surface area (Å²) in [5.74, 6) is -1.23. The molecule has 1 N–H and O–H groups in total. The normalized spacial score (nSPS) is 19.4. The molecule has 1 fully saturated rings. The molecule has 5 heteroatoms. The number of carboxylic acids is 1. The molecule has 114 valence electrons. The Balaban J connectivity index is 2.20. The molecule has 0 unspecified atom stereocenters. The second-order valence-corrected chi connectivity index (χ2v) is 6.53. The number of aliphatic carboxylic acids is 1. The first-order valence-corrected chi connectivity index (χ1v) is 7.31. The predicted molar refractivity (Wildman–Crippen MR) is 79.2 cm³/mol. The molecule has 2 rings (SSSR count). The maximum Gasteiger partial charge on any atom is 0.326 e. The average molecular weight is 290 g/mol. The summed E-state index contributed by atoms with van der Waals surface area (Å²) in [6.07, 6.45) is 3.90. The molecule has 0 spiro atoms. The molecule has 1 aliphatic rings. The van der Waals surface area contributed by atoms with Crippen LogP contribution in [-0.4, -0.2) is 39.5 Å². The summed E-state index contributed by atoms with van der Waals surface area (Å²) in [6.45, 7) is 6.72. The van der Waals surface area contributed by atoms with Crippen molar-refractivity contribution in [3.63, 3.8) is 0 Å². The number of aromatic nitrogens is 1. The molecule has 0 aliphatic carbocycles. The van der Waals surface area contributed by atoms with E-state index in [4.69, 9.17) is 0 Å². The van der Waals surface area contributed by atoms with Crippen LogP contribution in [0.2, 0.25) is 0 Å². The van der Waals surface area contributed by atoms with Gasteiger partial charge in [0.15, 0.2) is 0 Å². The van der Waals surface area contributed by atoms with Crippen LogP contribution in [-0.2, 0) is 10.2 Å². The van der Waals surface area contributed by atoms with Gasteiger partial charge in [0.05, 0.1) is 0 Å². The van der Waals surface area contributed by atoms with Crippen LogP contribution in [0.4, 0.5) is 0 Å². The van der Waals surface area contributed by atoms with Crippen LogP contribution < -0.4 is 0 Å². The van der Waals surface area contributed by atoms with Gasteiger partial charge in [-0.3, -0.25) is 9.78 Å². The molecule has 0 saturated carbocycles. The average Bonchev–Trinajstić information content (AvgIpc) is 2.45. The summed E-state index contributed by atoms with van der Waals surface area (Å²) in [5, 5.41) is 9.24. The molecule has 2 heterocycles. The molecule has 1 aromatic heterocycles. The fraction of sp³-hybridized carbons (Fsp3) is 0.562. The summed E-state index contributed by atoms with van der Waals surface area (Å²) in [5.41, 5.74) is 1.34. The first kappa shape index (κ1) is 15.5. The number of likely N-dealkylation sites (tertiary alicyclic amines) is 1. The van der Waals surface area contributed by atoms with Gasteiger partial charge in [0.1, 0.15) is 11.7 Å². The first-order chi connectivity index (χ1) is 9.80. The molecule has 1 saturated heterocycles. The van der Waals surface area contributed by atoms with E-state index in [1.165, 1.54) is 4.90 Å². The highest BCUT2D eigenvalue weighted by atomic mass is 16.4. The van der Waals surface area contributed by atoms with E-state index in [0.29, 0.717) is 18.7 Å². The summed E-state index contributed by atoms with van der Waals surface area (Å²) in [7, 11) is 0. The maximum absolute atomic E-state index is 12.5. The Morgan fingerprint density at radius 3 is 2.52 bits per heavy atom. The van der Waals surface area contributed by atoms with Crippen LogP contribution in [0.3, 0.4) is 0 Å². The monoisotopic (exact) mass is 290 g/mol. The smallest absolute Gasteiger partial charge is 0.326 e. The Morgan fingerprint density at radius 2 is 2.00 bits per heavy atom. The minimum Gasteiger partial charge on any atom is -0.480 e. The zero-order valence-electron chi connectivity index (χ0n) is 12.8. The molecular weight excluding hydrogens is 268 g/mol. The third kappa shape index (κ3) is 3.40. The number of rotatable bonds is 2. The summed E-state index contributed by atoms with van der Waals surface area (Å²) >= 11 is 0. The van der Waals surface area contributed by atoms with Gasteiger partial charge in [-0.15, -0.1) is 0 Å². The van der Waals surface area contributed by atoms with E-state index in [0.717, 1.165) is 18.4 Å². The Morgan fingerprint density at radius 1 is 1.29 bits per heavy atom. The lowest BCUT2D eigenvalue weighted by Gasteiger charge is -2.32. The van der Waals surface area contributed by atoms with Gasteiger partial charge in [-0.05, 0) is 36.3 Å². The van der Waals surface area contributed by atoms with Gasteiger partial charge in [0.2, 0.25) is 0 Å². The van der Waals surface area contributed by atoms with Crippen molar-refractivity contribution in [3.05, 3.63) is 29.6 Å². The molecule has 1 amide bonds. The van der Waals surface area contributed by atoms with Crippen molar-refractivity contribution < 1.29 is 14.7 Å². The molecule has 1 aliphatic heterocycles. The van der Waals surface area contributed by atoms with E-state index in [1.807, 2.05) is 6.07 Å². The lowest BCUT2D eigenvalue weighted by molar-refractivity contribution is -0.143. The highest BCUT2D eigenvalue weighted by Crippen LogP contribution is 2.23. The number of carboxylic acid groups (broad SMARTS) is 1. The van der Waals surface area contributed by atoms with E-state index in [1.54, 1.807) is 12.3 Å². The number of hydrogen-bond acceptors (Lipinski definition) is 3. The molecule has 0 radical (unpaired) electrons. The minimum absolute atomic E-state index is 0.0245. The second-order valence-electron chi connectivity index (χ2n) is 6.53. The molecule has 5 nitrogen and oxygen atoms in total. The molecule has 1 atom stereocenters. The van der Waals surface area contributed by atoms with Crippen LogP contribution in [0, 0.1) is 0 Å². The van der Waals surface area contributed by atoms with Crippen LogP contribution >= 0.6 is 0 Å². The number of carbonyl (C=O) groups excluding carboxylic acids is 1. The SMILES string of the molecule is CC(C)(C)c1ccc(C(=O)N2CCCC[C@@H]2C(=O)O)nc1. The van der Waals surface area contributed by atoms with Crippen LogP contribution in [0.5, 0.6) is 0 Å². The van der Waals surface area contributed by atoms with Crippen LogP contribution in [0.25, 0.3) is 0 Å². The standard InChI is InChI=1S/C16H22N2O3/c1-16(2,3)11-7-8-12(17-10-11)14(19)18-9-5-4-6-13(18)15(20)21/h7-8,10,13H,4-6,9H2,1-3H3,(H,20,21)/t13-/m1/s1. The van der Waals surface area contributed by atoms with E-state index in [9.17, 15) is 14.7 Å². The van der Waals surface area contributed by atoms with Gasteiger partial charge in [0, 0.05) is 12.7 Å². The van der Waals surface area contributed by atoms with E-state index in [-0.39, 0.29) is 11.3 Å². The van der Waals surface area contributed by atoms with E-state index in [2.05, 4.69) is 25.8 Å². The third-order valence-corrected chi connectivity index (χ3v) is 3.90. The van der Waals surface area contributed by atoms with Gasteiger partial charge in [-0.25, -0.2) is 4.79 Å². The van der Waals surface area contributed by atoms with E-state index < -0.39 is 12.0 Å². The third-order valence-electron chi connectivity index (χ3n) is 3.90. The first-order valence-electron chi connectivity index (χ1n) is 7.31. The number of nitrogens with zero attached hydrogens (tertiary/aromatic N) is 2. The van der Waals surface area contributed by atoms with Crippen molar-refractivity contribution in [3.8, 4) is 0 Å². The number of pyridine rings is 1. The summed E-state index contributed by atoms with van der Waals surface area (Å²) in [4.78, 5) is 29.4. The fourth-order valence-electron chi connectivity index (χ4n) is 2.54. The number of piperidine rings is 1. The Bertz CT molecular complexity index is 531. The maximum atomic E-state index is 12.5. The van der Waals surface area contributed by atoms with Gasteiger partial charge < -0.3 is 10.0 Å². The van der Waals surface area contributed by atoms with Crippen LogP contribution in [0.15, 0.2) is 18.3 Å². The molecule has 0 aromatic carbocycles. The van der Waals surface area contributed by atoms with Crippen LogP contribution in [0.1, 0.15) is 56.1 Å². The van der Waals surface area contributed by atoms with Crippen molar-refractivity contribution >= 4 is 11.9 Å². The molecular formula is C16H22N2O3. The Hall–Kier alpha value is -1.91. The Labute approximate surface area is 125 Å². The molecule has 0 bridgehead atoms. The zero-order chi connectivity index (χ0) is 15.6. The van der Waals surface area contributed by atoms with Gasteiger partial charge in [-0.1, -0.05) is 26.8 Å². The lowest BCUT2D eigenvalue weighted by Crippen LogP contribution is -2.48. The van der Waals surface area contributed by atoms with Crippen molar-refractivity contribution in [1.29, 1.82) is 0 Å². The second kappa shape index (κ2) is 5.84. The predicted octanol–water partition coefficient (Wildman–Crippen LogP) is 2.46. The minimum atomic E-state index is -0.936. The highest BCUT2D eigenvalue weighted by molar-refractivity contribution is 5.95. The Kier molecular flexibility index (Phi) is 4.30. The summed E-state index contributed by atoms with van der Waals surface area (Å²) < 4.78 is 0. The van der Waals surface area contributed by atoms with Gasteiger partial charge in [-0.2, -0.15) is 0 Å². The van der Waals surface area contributed by atoms with Crippen molar-refractivity contribution in [2.45, 2.75) is 51.5 Å². The fourth-order valence-corrected chi connectivity index (χ4v) is 2.54. The molecule has 21 heavy (non-hydrogen) atoms. The lowest BCUT2D eigenvalue weighted by atomic mass is 9.88. The van der Waals surface area contributed by atoms with Gasteiger partial charge in [0.25, 0.3) is 5.91 Å². The van der Waals surface area contributed by atoms with Crippen molar-refractivity contribution in [2.24, 2.45) is 0 Å². The quantitative estimate of drug-likeness (QED) is 0.908. The zero-order valence-corrected chi connectivity index (χ0v) is 12.8. The van der Waals surface area contributed by atoms with E-state index >= 15 is 0 Å². The number of hydrogen-bond donors (Lipinski definition) is 1. The highest BCUT2D eigenvalue weighted by Gasteiger charge is 2.33. The van der Waals surface area contributed by atoms with Crippen molar-refractivity contribution in [2.75, 3.05) is 6.54 Å². The number of amides is 1. The topological polar surface area (TPSA) is 70.5 Å².